The van der Waals surface area contributed by atoms with Crippen LogP contribution >= 0.6 is 0 Å². The fourth-order valence-electron chi connectivity index (χ4n) is 3.62. The molecule has 0 radical (unpaired) electrons. The third kappa shape index (κ3) is 3.32. The zero-order valence-corrected chi connectivity index (χ0v) is 14.4. The Morgan fingerprint density at radius 3 is 2.88 bits per heavy atom. The average Bonchev–Trinajstić information content (AvgIpc) is 3.34. The molecule has 1 amide bonds. The van der Waals surface area contributed by atoms with Crippen LogP contribution in [0.15, 0.2) is 31.0 Å². The molecule has 0 spiro atoms. The summed E-state index contributed by atoms with van der Waals surface area (Å²) in [5, 5.41) is 12.2. The van der Waals surface area contributed by atoms with Crippen LogP contribution in [0.4, 0.5) is 0 Å². The number of aliphatic hydroxyl groups is 1. The Kier molecular flexibility index (Phi) is 4.66. The van der Waals surface area contributed by atoms with Gasteiger partial charge in [-0.3, -0.25) is 9.36 Å². The second-order valence-electron chi connectivity index (χ2n) is 6.78. The molecule has 3 heterocycles. The molecular formula is C18H22N6O2. The van der Waals surface area contributed by atoms with E-state index in [4.69, 9.17) is 5.11 Å². The first-order chi connectivity index (χ1) is 12.7. The van der Waals surface area contributed by atoms with Crippen LogP contribution in [0.2, 0.25) is 0 Å². The maximum absolute atomic E-state index is 12.9. The Morgan fingerprint density at radius 2 is 2.15 bits per heavy atom. The van der Waals surface area contributed by atoms with Crippen LogP contribution in [-0.2, 0) is 0 Å². The van der Waals surface area contributed by atoms with Gasteiger partial charge in [0.25, 0.3) is 5.91 Å². The smallest absolute Gasteiger partial charge is 0.272 e. The van der Waals surface area contributed by atoms with Crippen LogP contribution in [0, 0.1) is 5.92 Å². The molecule has 1 saturated carbocycles. The first-order valence-corrected chi connectivity index (χ1v) is 9.00. The zero-order chi connectivity index (χ0) is 17.9. The Hall–Kier alpha value is -2.74. The molecule has 0 bridgehead atoms. The first kappa shape index (κ1) is 16.7. The molecule has 26 heavy (non-hydrogen) atoms. The largest absolute Gasteiger partial charge is 0.396 e. The van der Waals surface area contributed by atoms with E-state index in [0.717, 1.165) is 32.1 Å². The lowest BCUT2D eigenvalue weighted by Crippen LogP contribution is -2.38. The van der Waals surface area contributed by atoms with Crippen LogP contribution in [0.3, 0.4) is 0 Å². The molecule has 4 rings (SSSR count). The summed E-state index contributed by atoms with van der Waals surface area (Å²) in [4.78, 5) is 28.9. The van der Waals surface area contributed by atoms with E-state index in [-0.39, 0.29) is 18.6 Å². The van der Waals surface area contributed by atoms with E-state index in [1.54, 1.807) is 29.5 Å². The molecule has 0 atom stereocenters. The zero-order valence-electron chi connectivity index (χ0n) is 14.4. The van der Waals surface area contributed by atoms with E-state index in [1.165, 1.54) is 0 Å². The number of H-pyrrole nitrogens is 1. The lowest BCUT2D eigenvalue weighted by molar-refractivity contribution is 0.0915. The number of carbonyl (C=O) groups is 1. The lowest BCUT2D eigenvalue weighted by Gasteiger charge is -2.28. The maximum atomic E-state index is 12.9. The van der Waals surface area contributed by atoms with Gasteiger partial charge in [-0.25, -0.2) is 15.0 Å². The van der Waals surface area contributed by atoms with Gasteiger partial charge in [0, 0.05) is 31.2 Å². The molecule has 136 valence electrons. The highest BCUT2D eigenvalue weighted by Gasteiger charge is 2.24. The van der Waals surface area contributed by atoms with E-state index in [1.807, 2.05) is 6.07 Å². The number of hydrogen-bond acceptors (Lipinski definition) is 5. The number of aliphatic hydroxyl groups excluding tert-OH is 1. The summed E-state index contributed by atoms with van der Waals surface area (Å²) in [6.45, 7) is 0.241. The number of amides is 1. The minimum atomic E-state index is -0.188. The highest BCUT2D eigenvalue weighted by molar-refractivity contribution is 6.03. The van der Waals surface area contributed by atoms with Crippen molar-refractivity contribution < 1.29 is 9.90 Å². The summed E-state index contributed by atoms with van der Waals surface area (Å²) >= 11 is 0. The summed E-state index contributed by atoms with van der Waals surface area (Å²) < 4.78 is 1.68. The normalized spacial score (nSPS) is 20.3. The second kappa shape index (κ2) is 7.25. The van der Waals surface area contributed by atoms with Crippen molar-refractivity contribution in [3.8, 4) is 5.95 Å². The predicted molar refractivity (Wildman–Crippen MR) is 95.9 cm³/mol. The van der Waals surface area contributed by atoms with E-state index >= 15 is 0 Å². The molecule has 1 aliphatic rings. The minimum Gasteiger partial charge on any atom is -0.396 e. The highest BCUT2D eigenvalue weighted by Crippen LogP contribution is 2.27. The molecule has 3 N–H and O–H groups in total. The molecule has 3 aromatic heterocycles. The standard InChI is InChI=1S/C18H22N6O2/c25-10-6-12-1-3-13(4-2-12)21-17(26)16-15-14(5-7-20-15)22-18(23-16)24-9-8-19-11-24/h5,7-9,11-13,20,25H,1-4,6,10H2,(H,21,26)/t12-,13-. The van der Waals surface area contributed by atoms with Gasteiger partial charge in [0.15, 0.2) is 5.69 Å². The van der Waals surface area contributed by atoms with Gasteiger partial charge in [0.05, 0.1) is 11.0 Å². The Bertz CT molecular complexity index is 880. The molecule has 0 unspecified atom stereocenters. The minimum absolute atomic E-state index is 0.147. The second-order valence-corrected chi connectivity index (χ2v) is 6.78. The third-order valence-electron chi connectivity index (χ3n) is 5.06. The van der Waals surface area contributed by atoms with E-state index in [2.05, 4.69) is 25.3 Å². The Balaban J connectivity index is 1.54. The molecule has 0 saturated heterocycles. The third-order valence-corrected chi connectivity index (χ3v) is 5.06. The van der Waals surface area contributed by atoms with Crippen LogP contribution < -0.4 is 5.32 Å². The number of nitrogens with zero attached hydrogens (tertiary/aromatic N) is 4. The number of fused-ring (bicyclic) bond motifs is 1. The lowest BCUT2D eigenvalue weighted by atomic mass is 9.84. The van der Waals surface area contributed by atoms with Gasteiger partial charge >= 0.3 is 0 Å². The molecular weight excluding hydrogens is 332 g/mol. The SMILES string of the molecule is O=C(N[C@H]1CC[C@H](CCO)CC1)c1nc(-n2ccnc2)nc2cc[nH]c12. The van der Waals surface area contributed by atoms with Crippen molar-refractivity contribution in [2.24, 2.45) is 5.92 Å². The van der Waals surface area contributed by atoms with Gasteiger partial charge in [0.2, 0.25) is 5.95 Å². The summed E-state index contributed by atoms with van der Waals surface area (Å²) in [6.07, 6.45) is 11.6. The number of carbonyl (C=O) groups excluding carboxylic acids is 1. The fourth-order valence-corrected chi connectivity index (χ4v) is 3.62. The van der Waals surface area contributed by atoms with Gasteiger partial charge in [-0.1, -0.05) is 0 Å². The highest BCUT2D eigenvalue weighted by atomic mass is 16.3. The summed E-state index contributed by atoms with van der Waals surface area (Å²) in [5.74, 6) is 0.799. The number of imidazole rings is 1. The molecule has 8 nitrogen and oxygen atoms in total. The molecule has 1 aliphatic carbocycles. The van der Waals surface area contributed by atoms with Gasteiger partial charge < -0.3 is 15.4 Å². The van der Waals surface area contributed by atoms with Gasteiger partial charge in [-0.15, -0.1) is 0 Å². The molecule has 0 aromatic carbocycles. The fraction of sp³-hybridized carbons (Fsp3) is 0.444. The molecule has 8 heteroatoms. The van der Waals surface area contributed by atoms with Crippen molar-refractivity contribution in [2.75, 3.05) is 6.61 Å². The number of rotatable bonds is 5. The quantitative estimate of drug-likeness (QED) is 0.647. The Morgan fingerprint density at radius 1 is 1.31 bits per heavy atom. The van der Waals surface area contributed by atoms with Crippen LogP contribution in [0.1, 0.15) is 42.6 Å². The maximum Gasteiger partial charge on any atom is 0.272 e. The number of hydrogen-bond donors (Lipinski definition) is 3. The van der Waals surface area contributed by atoms with Crippen LogP contribution in [-0.4, -0.2) is 48.2 Å². The predicted octanol–water partition coefficient (Wildman–Crippen LogP) is 1.81. The van der Waals surface area contributed by atoms with Crippen LogP contribution in [0.5, 0.6) is 0 Å². The van der Waals surface area contributed by atoms with Crippen molar-refractivity contribution in [3.05, 3.63) is 36.7 Å². The van der Waals surface area contributed by atoms with E-state index in [9.17, 15) is 4.79 Å². The average molecular weight is 354 g/mol. The Labute approximate surface area is 150 Å². The number of nitrogens with one attached hydrogen (secondary N) is 2. The van der Waals surface area contributed by atoms with Gasteiger partial charge in [-0.2, -0.15) is 0 Å². The van der Waals surface area contributed by atoms with Crippen molar-refractivity contribution in [2.45, 2.75) is 38.1 Å². The molecule has 3 aromatic rings. The summed E-state index contributed by atoms with van der Waals surface area (Å²) in [5.41, 5.74) is 1.68. The van der Waals surface area contributed by atoms with Gasteiger partial charge in [0.1, 0.15) is 6.33 Å². The van der Waals surface area contributed by atoms with Crippen molar-refractivity contribution in [1.29, 1.82) is 0 Å². The monoisotopic (exact) mass is 354 g/mol. The number of aromatic amines is 1. The molecule has 1 fully saturated rings. The topological polar surface area (TPSA) is 109 Å². The summed E-state index contributed by atoms with van der Waals surface area (Å²) in [6, 6.07) is 1.98. The number of aromatic nitrogens is 5. The summed E-state index contributed by atoms with van der Waals surface area (Å²) in [7, 11) is 0. The van der Waals surface area contributed by atoms with Crippen molar-refractivity contribution in [3.63, 3.8) is 0 Å². The first-order valence-electron chi connectivity index (χ1n) is 9.00. The van der Waals surface area contributed by atoms with Gasteiger partial charge in [-0.05, 0) is 44.1 Å². The van der Waals surface area contributed by atoms with E-state index < -0.39 is 0 Å². The van der Waals surface area contributed by atoms with Crippen molar-refractivity contribution in [1.82, 2.24) is 29.8 Å². The van der Waals surface area contributed by atoms with Crippen LogP contribution in [0.25, 0.3) is 17.0 Å². The van der Waals surface area contributed by atoms with Crippen molar-refractivity contribution >= 4 is 16.9 Å². The van der Waals surface area contributed by atoms with E-state index in [0.29, 0.717) is 28.6 Å². The molecule has 0 aliphatic heterocycles.